The molecule has 1 aliphatic heterocycles. The fourth-order valence-electron chi connectivity index (χ4n) is 2.43. The average molecular weight is 412 g/mol. The van der Waals surface area contributed by atoms with E-state index < -0.39 is 0 Å². The molecule has 0 saturated carbocycles. The van der Waals surface area contributed by atoms with Gasteiger partial charge in [0.1, 0.15) is 0 Å². The maximum absolute atomic E-state index is 5.40. The van der Waals surface area contributed by atoms with Gasteiger partial charge >= 0.3 is 0 Å². The molecule has 1 heterocycles. The third kappa shape index (κ3) is 8.21. The Kier molecular flexibility index (Phi) is 10.6. The smallest absolute Gasteiger partial charge is 0.191 e. The topological polar surface area (TPSA) is 48.9 Å². The summed E-state index contributed by atoms with van der Waals surface area (Å²) >= 11 is 0. The van der Waals surface area contributed by atoms with Crippen molar-refractivity contribution in [3.05, 3.63) is 0 Å². The first-order chi connectivity index (χ1) is 9.50. The van der Waals surface area contributed by atoms with E-state index in [1.54, 1.807) is 7.11 Å². The van der Waals surface area contributed by atoms with E-state index >= 15 is 0 Å². The Morgan fingerprint density at radius 2 is 2.10 bits per heavy atom. The van der Waals surface area contributed by atoms with Gasteiger partial charge in [-0.15, -0.1) is 24.0 Å². The number of rotatable bonds is 7. The normalized spacial score (nSPS) is 20.2. The Morgan fingerprint density at radius 3 is 2.67 bits per heavy atom. The Bertz CT molecular complexity index is 310. The molecule has 1 rings (SSSR count). The fraction of sp³-hybridized carbons (Fsp3) is 0.933. The minimum atomic E-state index is -0.178. The van der Waals surface area contributed by atoms with Crippen LogP contribution in [0.25, 0.3) is 0 Å². The van der Waals surface area contributed by atoms with E-state index in [-0.39, 0.29) is 29.6 Å². The summed E-state index contributed by atoms with van der Waals surface area (Å²) < 4.78 is 5.40. The molecule has 6 heteroatoms. The molecule has 0 aliphatic carbocycles. The maximum Gasteiger partial charge on any atom is 0.191 e. The number of methoxy groups -OCH3 is 1. The lowest BCUT2D eigenvalue weighted by molar-refractivity contribution is 0.0268. The van der Waals surface area contributed by atoms with Gasteiger partial charge in [-0.3, -0.25) is 4.99 Å². The predicted molar refractivity (Wildman–Crippen MR) is 101 cm³/mol. The first-order valence-corrected chi connectivity index (χ1v) is 7.72. The largest absolute Gasteiger partial charge is 0.377 e. The van der Waals surface area contributed by atoms with Gasteiger partial charge in [0.25, 0.3) is 0 Å². The Hall–Kier alpha value is -0.0800. The Morgan fingerprint density at radius 1 is 1.38 bits per heavy atom. The van der Waals surface area contributed by atoms with Gasteiger partial charge < -0.3 is 20.3 Å². The van der Waals surface area contributed by atoms with Crippen molar-refractivity contribution in [2.75, 3.05) is 46.9 Å². The lowest BCUT2D eigenvalue weighted by Gasteiger charge is -2.25. The number of nitrogens with one attached hydrogen (secondary N) is 2. The number of hydrogen-bond donors (Lipinski definition) is 2. The number of ether oxygens (including phenoxy) is 1. The van der Waals surface area contributed by atoms with Crippen LogP contribution < -0.4 is 10.6 Å². The maximum atomic E-state index is 5.40. The number of hydrogen-bond acceptors (Lipinski definition) is 3. The van der Waals surface area contributed by atoms with Crippen LogP contribution in [0.1, 0.15) is 33.6 Å². The van der Waals surface area contributed by atoms with Gasteiger partial charge in [0.2, 0.25) is 0 Å². The molecule has 1 atom stereocenters. The van der Waals surface area contributed by atoms with Crippen LogP contribution in [0.4, 0.5) is 0 Å². The van der Waals surface area contributed by atoms with Crippen LogP contribution in [0.5, 0.6) is 0 Å². The standard InChI is InChI=1S/C15H32N4O.HI/c1-6-8-19-9-7-13(11-19)10-17-14(16-4)18-12-15(2,3)20-5;/h13H,6-12H2,1-5H3,(H2,16,17,18);1H. The highest BCUT2D eigenvalue weighted by Gasteiger charge is 2.22. The third-order valence-corrected chi connectivity index (χ3v) is 3.93. The van der Waals surface area contributed by atoms with E-state index in [1.807, 2.05) is 7.05 Å². The summed E-state index contributed by atoms with van der Waals surface area (Å²) in [6.07, 6.45) is 2.53. The molecule has 0 radical (unpaired) electrons. The van der Waals surface area contributed by atoms with Crippen molar-refractivity contribution < 1.29 is 4.74 Å². The van der Waals surface area contributed by atoms with Crippen molar-refractivity contribution >= 4 is 29.9 Å². The van der Waals surface area contributed by atoms with E-state index in [9.17, 15) is 0 Å². The van der Waals surface area contributed by atoms with Crippen molar-refractivity contribution in [3.8, 4) is 0 Å². The van der Waals surface area contributed by atoms with Crippen LogP contribution in [-0.2, 0) is 4.74 Å². The molecule has 0 bridgehead atoms. The average Bonchev–Trinajstić information content (AvgIpc) is 2.87. The first-order valence-electron chi connectivity index (χ1n) is 7.72. The SMILES string of the molecule is CCCN1CCC(CNC(=NC)NCC(C)(C)OC)C1.I. The zero-order valence-electron chi connectivity index (χ0n) is 14.2. The molecule has 1 saturated heterocycles. The molecule has 0 aromatic carbocycles. The van der Waals surface area contributed by atoms with Gasteiger partial charge in [-0.1, -0.05) is 6.92 Å². The summed E-state index contributed by atoms with van der Waals surface area (Å²) in [5.74, 6) is 1.60. The first kappa shape index (κ1) is 20.9. The number of guanidine groups is 1. The van der Waals surface area contributed by atoms with Gasteiger partial charge in [-0.05, 0) is 45.7 Å². The van der Waals surface area contributed by atoms with Crippen LogP contribution in [0.2, 0.25) is 0 Å². The second-order valence-electron chi connectivity index (χ2n) is 6.23. The zero-order valence-corrected chi connectivity index (χ0v) is 16.6. The van der Waals surface area contributed by atoms with Crippen molar-refractivity contribution in [3.63, 3.8) is 0 Å². The summed E-state index contributed by atoms with van der Waals surface area (Å²) in [6, 6.07) is 0. The molecule has 0 aromatic heterocycles. The summed E-state index contributed by atoms with van der Waals surface area (Å²) in [6.45, 7) is 11.8. The van der Waals surface area contributed by atoms with Crippen LogP contribution >= 0.6 is 24.0 Å². The molecular formula is C15H33IN4O. The highest BCUT2D eigenvalue weighted by atomic mass is 127. The van der Waals surface area contributed by atoms with E-state index in [1.165, 1.54) is 32.5 Å². The van der Waals surface area contributed by atoms with Gasteiger partial charge in [0, 0.05) is 33.8 Å². The minimum Gasteiger partial charge on any atom is -0.377 e. The summed E-state index contributed by atoms with van der Waals surface area (Å²) in [5.41, 5.74) is -0.178. The van der Waals surface area contributed by atoms with Crippen LogP contribution in [-0.4, -0.2) is 63.3 Å². The van der Waals surface area contributed by atoms with Crippen molar-refractivity contribution in [1.29, 1.82) is 0 Å². The molecule has 0 aromatic rings. The highest BCUT2D eigenvalue weighted by Crippen LogP contribution is 2.15. The Balaban J connectivity index is 0.00000400. The second kappa shape index (κ2) is 10.6. The summed E-state index contributed by atoms with van der Waals surface area (Å²) in [4.78, 5) is 6.82. The number of nitrogens with zero attached hydrogens (tertiary/aromatic N) is 2. The van der Waals surface area contributed by atoms with E-state index in [0.29, 0.717) is 0 Å². The van der Waals surface area contributed by atoms with Crippen LogP contribution in [0.3, 0.4) is 0 Å². The predicted octanol–water partition coefficient (Wildman–Crippen LogP) is 1.93. The molecule has 0 spiro atoms. The monoisotopic (exact) mass is 412 g/mol. The highest BCUT2D eigenvalue weighted by molar-refractivity contribution is 14.0. The third-order valence-electron chi connectivity index (χ3n) is 3.93. The number of aliphatic imine (C=N–C) groups is 1. The van der Waals surface area contributed by atoms with E-state index in [2.05, 4.69) is 41.3 Å². The van der Waals surface area contributed by atoms with Gasteiger partial charge in [0.15, 0.2) is 5.96 Å². The second-order valence-corrected chi connectivity index (χ2v) is 6.23. The van der Waals surface area contributed by atoms with Crippen molar-refractivity contribution in [2.24, 2.45) is 10.9 Å². The van der Waals surface area contributed by atoms with Crippen LogP contribution in [0.15, 0.2) is 4.99 Å². The van der Waals surface area contributed by atoms with Crippen molar-refractivity contribution in [2.45, 2.75) is 39.2 Å². The van der Waals surface area contributed by atoms with Gasteiger partial charge in [-0.25, -0.2) is 0 Å². The molecule has 5 nitrogen and oxygen atoms in total. The number of likely N-dealkylation sites (tertiary alicyclic amines) is 1. The van der Waals surface area contributed by atoms with Crippen LogP contribution in [0, 0.1) is 5.92 Å². The lowest BCUT2D eigenvalue weighted by atomic mass is 10.1. The van der Waals surface area contributed by atoms with E-state index in [0.717, 1.165) is 25.0 Å². The zero-order chi connectivity index (χ0) is 15.0. The lowest BCUT2D eigenvalue weighted by Crippen LogP contribution is -2.46. The quantitative estimate of drug-likeness (QED) is 0.381. The molecule has 21 heavy (non-hydrogen) atoms. The molecule has 1 aliphatic rings. The summed E-state index contributed by atoms with van der Waals surface area (Å²) in [7, 11) is 3.55. The molecule has 1 fully saturated rings. The fourth-order valence-corrected chi connectivity index (χ4v) is 2.43. The van der Waals surface area contributed by atoms with Gasteiger partial charge in [-0.2, -0.15) is 0 Å². The molecule has 1 unspecified atom stereocenters. The minimum absolute atomic E-state index is 0. The molecular weight excluding hydrogens is 379 g/mol. The number of halogens is 1. The summed E-state index contributed by atoms with van der Waals surface area (Å²) in [5, 5.41) is 6.75. The Labute approximate surface area is 147 Å². The van der Waals surface area contributed by atoms with E-state index in [4.69, 9.17) is 4.74 Å². The molecule has 2 N–H and O–H groups in total. The molecule has 126 valence electrons. The van der Waals surface area contributed by atoms with Crippen molar-refractivity contribution in [1.82, 2.24) is 15.5 Å². The van der Waals surface area contributed by atoms with Gasteiger partial charge in [0.05, 0.1) is 5.60 Å². The molecule has 0 amide bonds.